The highest BCUT2D eigenvalue weighted by Gasteiger charge is 2.25. The Labute approximate surface area is 100 Å². The van der Waals surface area contributed by atoms with E-state index >= 15 is 0 Å². The summed E-state index contributed by atoms with van der Waals surface area (Å²) in [6.07, 6.45) is 1.17. The molecule has 16 heavy (non-hydrogen) atoms. The minimum absolute atomic E-state index is 0.00465. The van der Waals surface area contributed by atoms with Crippen molar-refractivity contribution in [3.8, 4) is 0 Å². The predicted octanol–water partition coefficient (Wildman–Crippen LogP) is 1.31. The number of carbonyl (C=O) groups is 2. The fraction of sp³-hybridized carbons (Fsp3) is 0.818. The number of amides is 1. The van der Waals surface area contributed by atoms with Crippen LogP contribution in [-0.4, -0.2) is 46.5 Å². The van der Waals surface area contributed by atoms with Gasteiger partial charge in [-0.2, -0.15) is 0 Å². The van der Waals surface area contributed by atoms with Crippen LogP contribution in [0.3, 0.4) is 0 Å². The summed E-state index contributed by atoms with van der Waals surface area (Å²) in [4.78, 5) is 24.0. The van der Waals surface area contributed by atoms with Gasteiger partial charge in [0.25, 0.3) is 0 Å². The van der Waals surface area contributed by atoms with Gasteiger partial charge in [-0.05, 0) is 18.3 Å². The van der Waals surface area contributed by atoms with E-state index in [2.05, 4.69) is 13.8 Å². The molecular formula is C11H19NO3S. The molecule has 2 atom stereocenters. The van der Waals surface area contributed by atoms with E-state index in [1.54, 1.807) is 0 Å². The first kappa shape index (κ1) is 13.4. The van der Waals surface area contributed by atoms with Gasteiger partial charge in [0.15, 0.2) is 0 Å². The zero-order valence-corrected chi connectivity index (χ0v) is 10.6. The lowest BCUT2D eigenvalue weighted by atomic mass is 9.92. The molecule has 5 heteroatoms. The Bertz CT molecular complexity index is 260. The number of thioether (sulfide) groups is 1. The number of carbonyl (C=O) groups excluding carboxylic acids is 1. The number of aliphatic carboxylic acids is 1. The zero-order valence-electron chi connectivity index (χ0n) is 9.81. The highest BCUT2D eigenvalue weighted by atomic mass is 32.2. The Morgan fingerprint density at radius 2 is 1.81 bits per heavy atom. The zero-order chi connectivity index (χ0) is 12.1. The van der Waals surface area contributed by atoms with Crippen molar-refractivity contribution in [2.75, 3.05) is 24.6 Å². The van der Waals surface area contributed by atoms with Gasteiger partial charge in [-0.25, -0.2) is 0 Å². The minimum Gasteiger partial charge on any atom is -0.481 e. The molecule has 1 saturated heterocycles. The quantitative estimate of drug-likeness (QED) is 0.811. The molecule has 0 bridgehead atoms. The molecule has 1 rings (SSSR count). The molecule has 1 N–H and O–H groups in total. The van der Waals surface area contributed by atoms with Gasteiger partial charge < -0.3 is 10.0 Å². The van der Waals surface area contributed by atoms with E-state index in [0.717, 1.165) is 13.1 Å². The maximum absolute atomic E-state index is 11.8. The van der Waals surface area contributed by atoms with E-state index in [0.29, 0.717) is 11.8 Å². The molecule has 0 spiro atoms. The topological polar surface area (TPSA) is 57.6 Å². The van der Waals surface area contributed by atoms with E-state index in [9.17, 15) is 9.59 Å². The summed E-state index contributed by atoms with van der Waals surface area (Å²) < 4.78 is 0. The van der Waals surface area contributed by atoms with Gasteiger partial charge in [-0.1, -0.05) is 13.8 Å². The molecule has 1 fully saturated rings. The minimum atomic E-state index is -0.863. The Morgan fingerprint density at radius 1 is 1.25 bits per heavy atom. The van der Waals surface area contributed by atoms with E-state index in [-0.39, 0.29) is 17.4 Å². The molecule has 1 aliphatic rings. The summed E-state index contributed by atoms with van der Waals surface area (Å²) in [6.45, 7) is 5.94. The van der Waals surface area contributed by atoms with Crippen LogP contribution >= 0.6 is 11.8 Å². The van der Waals surface area contributed by atoms with Crippen LogP contribution in [0.5, 0.6) is 0 Å². The average Bonchev–Trinajstić information content (AvgIpc) is 2.15. The molecule has 1 aliphatic heterocycles. The van der Waals surface area contributed by atoms with Crippen LogP contribution in [0.4, 0.5) is 0 Å². The van der Waals surface area contributed by atoms with Crippen molar-refractivity contribution in [1.29, 1.82) is 0 Å². The number of carboxylic acids is 1. The monoisotopic (exact) mass is 245 g/mol. The maximum atomic E-state index is 11.8. The van der Waals surface area contributed by atoms with Gasteiger partial charge in [0.05, 0.1) is 11.5 Å². The van der Waals surface area contributed by atoms with Crippen molar-refractivity contribution in [3.05, 3.63) is 0 Å². The van der Waals surface area contributed by atoms with Gasteiger partial charge >= 0.3 is 5.97 Å². The smallest absolute Gasteiger partial charge is 0.313 e. The lowest BCUT2D eigenvalue weighted by molar-refractivity contribution is -0.133. The SMILES string of the molecule is C[C@H]1C[C@H](C)CN(C(=O)CSCC(=O)O)C1. The molecule has 0 aromatic carbocycles. The molecule has 0 aromatic rings. The predicted molar refractivity (Wildman–Crippen MR) is 64.5 cm³/mol. The third-order valence-electron chi connectivity index (χ3n) is 2.67. The van der Waals surface area contributed by atoms with Crippen LogP contribution in [-0.2, 0) is 9.59 Å². The van der Waals surface area contributed by atoms with Crippen LogP contribution in [0.2, 0.25) is 0 Å². The number of hydrogen-bond acceptors (Lipinski definition) is 3. The summed E-state index contributed by atoms with van der Waals surface area (Å²) in [5.41, 5.74) is 0. The third kappa shape index (κ3) is 4.43. The molecule has 0 aromatic heterocycles. The first-order chi connectivity index (χ1) is 7.49. The summed E-state index contributed by atoms with van der Waals surface area (Å²) in [5, 5.41) is 8.48. The summed E-state index contributed by atoms with van der Waals surface area (Å²) in [5.74, 6) is 0.605. The molecular weight excluding hydrogens is 226 g/mol. The molecule has 0 radical (unpaired) electrons. The highest BCUT2D eigenvalue weighted by molar-refractivity contribution is 8.00. The average molecular weight is 245 g/mol. The summed E-state index contributed by atoms with van der Waals surface area (Å²) in [7, 11) is 0. The van der Waals surface area contributed by atoms with Gasteiger partial charge in [-0.15, -0.1) is 11.8 Å². The Morgan fingerprint density at radius 3 is 2.31 bits per heavy atom. The van der Waals surface area contributed by atoms with Gasteiger partial charge in [0, 0.05) is 13.1 Å². The molecule has 0 saturated carbocycles. The van der Waals surface area contributed by atoms with Crippen LogP contribution in [0.1, 0.15) is 20.3 Å². The number of piperidine rings is 1. The van der Waals surface area contributed by atoms with Crippen molar-refractivity contribution in [3.63, 3.8) is 0 Å². The van der Waals surface area contributed by atoms with Crippen LogP contribution in [0.25, 0.3) is 0 Å². The second-order valence-electron chi connectivity index (χ2n) is 4.63. The van der Waals surface area contributed by atoms with Crippen molar-refractivity contribution in [2.45, 2.75) is 20.3 Å². The number of rotatable bonds is 4. The number of nitrogens with zero attached hydrogens (tertiary/aromatic N) is 1. The lowest BCUT2D eigenvalue weighted by Crippen LogP contribution is -2.43. The van der Waals surface area contributed by atoms with Gasteiger partial charge in [0.2, 0.25) is 5.91 Å². The Hall–Kier alpha value is -0.710. The van der Waals surface area contributed by atoms with Crippen molar-refractivity contribution < 1.29 is 14.7 Å². The van der Waals surface area contributed by atoms with E-state index in [1.165, 1.54) is 18.2 Å². The fourth-order valence-electron chi connectivity index (χ4n) is 2.18. The number of likely N-dealkylation sites (tertiary alicyclic amines) is 1. The van der Waals surface area contributed by atoms with Crippen molar-refractivity contribution in [2.24, 2.45) is 11.8 Å². The first-order valence-electron chi connectivity index (χ1n) is 5.56. The molecule has 1 amide bonds. The van der Waals surface area contributed by atoms with Crippen LogP contribution < -0.4 is 0 Å². The fourth-order valence-corrected chi connectivity index (χ4v) is 2.82. The van der Waals surface area contributed by atoms with Crippen molar-refractivity contribution in [1.82, 2.24) is 4.90 Å². The normalized spacial score (nSPS) is 25.5. The second-order valence-corrected chi connectivity index (χ2v) is 5.62. The van der Waals surface area contributed by atoms with E-state index in [4.69, 9.17) is 5.11 Å². The summed E-state index contributed by atoms with van der Waals surface area (Å²) in [6, 6.07) is 0. The maximum Gasteiger partial charge on any atom is 0.313 e. The van der Waals surface area contributed by atoms with Crippen LogP contribution in [0, 0.1) is 11.8 Å². The number of hydrogen-bond donors (Lipinski definition) is 1. The summed E-state index contributed by atoms with van der Waals surface area (Å²) >= 11 is 1.17. The third-order valence-corrected chi connectivity index (χ3v) is 3.57. The highest BCUT2D eigenvalue weighted by Crippen LogP contribution is 2.21. The number of carboxylic acid groups (broad SMARTS) is 1. The van der Waals surface area contributed by atoms with Gasteiger partial charge in [-0.3, -0.25) is 9.59 Å². The largest absolute Gasteiger partial charge is 0.481 e. The van der Waals surface area contributed by atoms with E-state index < -0.39 is 5.97 Å². The molecule has 1 heterocycles. The Kier molecular flexibility index (Phi) is 5.12. The van der Waals surface area contributed by atoms with E-state index in [1.807, 2.05) is 4.90 Å². The van der Waals surface area contributed by atoms with Crippen LogP contribution in [0.15, 0.2) is 0 Å². The first-order valence-corrected chi connectivity index (χ1v) is 6.71. The molecule has 92 valence electrons. The van der Waals surface area contributed by atoms with Gasteiger partial charge in [0.1, 0.15) is 0 Å². The molecule has 4 nitrogen and oxygen atoms in total. The standard InChI is InChI=1S/C11H19NO3S/c1-8-3-9(2)5-12(4-8)10(13)6-16-7-11(14)15/h8-9H,3-7H2,1-2H3,(H,14,15)/t8-,9-/m0/s1. The molecule has 0 aliphatic carbocycles. The molecule has 0 unspecified atom stereocenters. The van der Waals surface area contributed by atoms with Crippen molar-refractivity contribution >= 4 is 23.6 Å². The second kappa shape index (κ2) is 6.13. The Balaban J connectivity index is 2.32. The lowest BCUT2D eigenvalue weighted by Gasteiger charge is -2.35.